The first-order valence-corrected chi connectivity index (χ1v) is 9.45. The van der Waals surface area contributed by atoms with Crippen molar-refractivity contribution in [3.05, 3.63) is 35.4 Å². The number of fused-ring (bicyclic) bond motifs is 1. The third-order valence-corrected chi connectivity index (χ3v) is 8.20. The molecule has 2 heterocycles. The summed E-state index contributed by atoms with van der Waals surface area (Å²) >= 11 is 0. The average molecular weight is 339 g/mol. The van der Waals surface area contributed by atoms with Crippen LogP contribution < -0.4 is 9.47 Å². The summed E-state index contributed by atoms with van der Waals surface area (Å²) in [6.07, 6.45) is 9.36. The zero-order chi connectivity index (χ0) is 17.0. The lowest BCUT2D eigenvalue weighted by Crippen LogP contribution is -2.76. The van der Waals surface area contributed by atoms with Gasteiger partial charge in [0, 0.05) is 24.1 Å². The number of hydrogen-bond donors (Lipinski definition) is 0. The minimum Gasteiger partial charge on any atom is -0.493 e. The van der Waals surface area contributed by atoms with Crippen LogP contribution in [0, 0.1) is 5.41 Å². The Hall–Kier alpha value is -1.52. The number of likely N-dealkylation sites (N-methyl/N-ethyl adjacent to an activating group) is 1. The Morgan fingerprint density at radius 3 is 2.76 bits per heavy atom. The fraction of sp³-hybridized carbons (Fsp3) is 0.619. The Bertz CT molecular complexity index is 820. The van der Waals surface area contributed by atoms with Crippen molar-refractivity contribution in [2.24, 2.45) is 5.41 Å². The highest BCUT2D eigenvalue weighted by atomic mass is 16.6. The van der Waals surface area contributed by atoms with Crippen LogP contribution in [0.15, 0.2) is 24.3 Å². The Labute approximate surface area is 148 Å². The summed E-state index contributed by atoms with van der Waals surface area (Å²) in [5, 5.41) is 0. The normalized spacial score (nSPS) is 45.2. The molecule has 25 heavy (non-hydrogen) atoms. The van der Waals surface area contributed by atoms with Crippen molar-refractivity contribution in [3.8, 4) is 11.5 Å². The lowest BCUT2D eigenvalue weighted by atomic mass is 9.39. The topological polar surface area (TPSA) is 30.9 Å². The molecular formula is C21H25NO3. The van der Waals surface area contributed by atoms with Gasteiger partial charge in [-0.2, -0.15) is 0 Å². The fourth-order valence-corrected chi connectivity index (χ4v) is 7.12. The minimum absolute atomic E-state index is 0.0324. The molecule has 0 radical (unpaired) electrons. The van der Waals surface area contributed by atoms with Crippen LogP contribution in [0.3, 0.4) is 0 Å². The molecule has 4 heteroatoms. The third-order valence-electron chi connectivity index (χ3n) is 8.20. The minimum atomic E-state index is -0.305. The van der Waals surface area contributed by atoms with E-state index in [1.54, 1.807) is 7.11 Å². The second-order valence-corrected chi connectivity index (χ2v) is 8.58. The van der Waals surface area contributed by atoms with E-state index < -0.39 is 0 Å². The van der Waals surface area contributed by atoms with Crippen LogP contribution in [0.2, 0.25) is 0 Å². The zero-order valence-electron chi connectivity index (χ0n) is 15.2. The highest BCUT2D eigenvalue weighted by molar-refractivity contribution is 5.65. The van der Waals surface area contributed by atoms with E-state index in [0.717, 1.165) is 37.3 Å². The van der Waals surface area contributed by atoms with Crippen molar-refractivity contribution in [2.75, 3.05) is 27.8 Å². The van der Waals surface area contributed by atoms with Crippen molar-refractivity contribution in [2.45, 2.75) is 48.8 Å². The largest absolute Gasteiger partial charge is 0.493 e. The molecule has 5 atom stereocenters. The first-order chi connectivity index (χ1) is 12.1. The summed E-state index contributed by atoms with van der Waals surface area (Å²) in [5.74, 6) is 1.87. The van der Waals surface area contributed by atoms with Gasteiger partial charge in [-0.25, -0.2) is 0 Å². The number of ether oxygens (including phenoxy) is 3. The van der Waals surface area contributed by atoms with Gasteiger partial charge in [0.15, 0.2) is 11.5 Å². The molecule has 0 N–H and O–H groups in total. The van der Waals surface area contributed by atoms with Crippen molar-refractivity contribution < 1.29 is 14.2 Å². The lowest BCUT2D eigenvalue weighted by molar-refractivity contribution is -0.186. The van der Waals surface area contributed by atoms with E-state index >= 15 is 0 Å². The second-order valence-electron chi connectivity index (χ2n) is 8.58. The van der Waals surface area contributed by atoms with Crippen molar-refractivity contribution >= 4 is 0 Å². The predicted molar refractivity (Wildman–Crippen MR) is 94.4 cm³/mol. The third kappa shape index (κ3) is 1.29. The van der Waals surface area contributed by atoms with Gasteiger partial charge < -0.3 is 19.1 Å². The number of benzene rings is 1. The molecule has 4 bridgehead atoms. The Kier molecular flexibility index (Phi) is 2.48. The molecule has 132 valence electrons. The Balaban J connectivity index is 1.73. The molecule has 2 aliphatic heterocycles. The molecule has 4 aliphatic carbocycles. The van der Waals surface area contributed by atoms with Crippen molar-refractivity contribution in [3.63, 3.8) is 0 Å². The molecule has 2 fully saturated rings. The van der Waals surface area contributed by atoms with E-state index in [-0.39, 0.29) is 22.5 Å². The first kappa shape index (κ1) is 14.6. The van der Waals surface area contributed by atoms with Crippen LogP contribution in [-0.2, 0) is 16.6 Å². The van der Waals surface area contributed by atoms with E-state index in [1.165, 1.54) is 17.5 Å². The van der Waals surface area contributed by atoms with Gasteiger partial charge in [-0.05, 0) is 50.9 Å². The number of methoxy groups -OCH3 is 2. The molecule has 2 spiro atoms. The fourth-order valence-electron chi connectivity index (χ4n) is 7.12. The molecule has 3 unspecified atom stereocenters. The molecule has 1 saturated carbocycles. The number of likely N-dealkylation sites (tertiary alicyclic amines) is 1. The summed E-state index contributed by atoms with van der Waals surface area (Å²) < 4.78 is 18.6. The van der Waals surface area contributed by atoms with Gasteiger partial charge in [-0.15, -0.1) is 0 Å². The summed E-state index contributed by atoms with van der Waals surface area (Å²) in [6, 6.07) is 4.91. The van der Waals surface area contributed by atoms with E-state index in [1.807, 2.05) is 7.11 Å². The van der Waals surface area contributed by atoms with Gasteiger partial charge in [0.25, 0.3) is 0 Å². The second kappa shape index (κ2) is 4.24. The van der Waals surface area contributed by atoms with Crippen LogP contribution in [0.5, 0.6) is 11.5 Å². The highest BCUT2D eigenvalue weighted by Crippen LogP contribution is 2.73. The van der Waals surface area contributed by atoms with E-state index in [2.05, 4.69) is 36.2 Å². The van der Waals surface area contributed by atoms with Gasteiger partial charge in [-0.3, -0.25) is 0 Å². The van der Waals surface area contributed by atoms with E-state index in [0.29, 0.717) is 6.04 Å². The molecule has 1 saturated heterocycles. The summed E-state index contributed by atoms with van der Waals surface area (Å²) in [4.78, 5) is 2.59. The summed E-state index contributed by atoms with van der Waals surface area (Å²) in [5.41, 5.74) is 2.78. The zero-order valence-corrected chi connectivity index (χ0v) is 15.2. The number of nitrogens with zero attached hydrogens (tertiary/aromatic N) is 1. The van der Waals surface area contributed by atoms with Crippen molar-refractivity contribution in [1.82, 2.24) is 4.90 Å². The van der Waals surface area contributed by atoms with Crippen LogP contribution in [0.4, 0.5) is 0 Å². The van der Waals surface area contributed by atoms with Crippen LogP contribution in [-0.4, -0.2) is 50.5 Å². The molecule has 4 nitrogen and oxygen atoms in total. The monoisotopic (exact) mass is 339 g/mol. The maximum atomic E-state index is 6.74. The number of rotatable bonds is 2. The summed E-state index contributed by atoms with van der Waals surface area (Å²) in [6.45, 7) is 1.12. The highest BCUT2D eigenvalue weighted by Gasteiger charge is 2.76. The smallest absolute Gasteiger partial charge is 0.166 e. The molecule has 6 aliphatic rings. The maximum absolute atomic E-state index is 6.74. The van der Waals surface area contributed by atoms with Gasteiger partial charge in [0.2, 0.25) is 0 Å². The van der Waals surface area contributed by atoms with Gasteiger partial charge >= 0.3 is 0 Å². The standard InChI is InChI=1S/C21H25NO3/c1-22-11-10-21-16-13-4-5-14(23-2)17(16)25-18(21)20(24-3)8-6-19(21,7-9-20)15(22)12-13/h4-6,8,15,18H,7,9-12H2,1-3H3/t15-,18?,19?,20?,21+/m1/s1. The van der Waals surface area contributed by atoms with Crippen LogP contribution in [0.1, 0.15) is 30.4 Å². The number of hydrogen-bond acceptors (Lipinski definition) is 4. The molecular weight excluding hydrogens is 314 g/mol. The van der Waals surface area contributed by atoms with Gasteiger partial charge in [-0.1, -0.05) is 18.2 Å². The first-order valence-electron chi connectivity index (χ1n) is 9.45. The average Bonchev–Trinajstić information content (AvgIpc) is 3.02. The summed E-state index contributed by atoms with van der Waals surface area (Å²) in [7, 11) is 5.89. The Morgan fingerprint density at radius 1 is 1.16 bits per heavy atom. The SMILES string of the molecule is COc1ccc2c3c1OC1C4(OC)C=CC5(CC4)[C@@H](C2)N(C)CC[C@]315. The van der Waals surface area contributed by atoms with Gasteiger partial charge in [0.05, 0.1) is 12.5 Å². The van der Waals surface area contributed by atoms with Crippen LogP contribution >= 0.6 is 0 Å². The van der Waals surface area contributed by atoms with Crippen LogP contribution in [0.25, 0.3) is 0 Å². The quantitative estimate of drug-likeness (QED) is 0.775. The lowest BCUT2D eigenvalue weighted by Gasteiger charge is -2.69. The predicted octanol–water partition coefficient (Wildman–Crippen LogP) is 2.69. The Morgan fingerprint density at radius 2 is 2.04 bits per heavy atom. The molecule has 0 amide bonds. The van der Waals surface area contributed by atoms with Crippen molar-refractivity contribution in [1.29, 1.82) is 0 Å². The molecule has 1 aromatic carbocycles. The maximum Gasteiger partial charge on any atom is 0.166 e. The molecule has 1 aromatic rings. The van der Waals surface area contributed by atoms with Gasteiger partial charge in [0.1, 0.15) is 11.7 Å². The van der Waals surface area contributed by atoms with E-state index in [9.17, 15) is 0 Å². The molecule has 0 aromatic heterocycles. The number of piperidine rings is 1. The molecule has 7 rings (SSSR count). The van der Waals surface area contributed by atoms with E-state index in [4.69, 9.17) is 14.2 Å².